The van der Waals surface area contributed by atoms with E-state index in [0.29, 0.717) is 5.01 Å². The van der Waals surface area contributed by atoms with Gasteiger partial charge in [-0.2, -0.15) is 0 Å². The summed E-state index contributed by atoms with van der Waals surface area (Å²) in [5.41, 5.74) is 2.56. The minimum atomic E-state index is -0.815. The van der Waals surface area contributed by atoms with Crippen LogP contribution in [0.3, 0.4) is 0 Å². The van der Waals surface area contributed by atoms with Gasteiger partial charge in [0.2, 0.25) is 0 Å². The number of carbonyl (C=O) groups excluding carboxylic acids is 2. The molecule has 0 saturated carbocycles. The smallest absolute Gasteiger partial charge is 0.316 e. The maximum atomic E-state index is 12.9. The Balaban J connectivity index is 1.48. The third kappa shape index (κ3) is 5.55. The molecule has 1 aromatic heterocycles. The monoisotopic (exact) mass is 431 g/mol. The fourth-order valence-corrected chi connectivity index (χ4v) is 4.16. The van der Waals surface area contributed by atoms with Gasteiger partial charge in [-0.1, -0.05) is 72.8 Å². The predicted octanol–water partition coefficient (Wildman–Crippen LogP) is 5.26. The van der Waals surface area contributed by atoms with Crippen LogP contribution < -0.4 is 0 Å². The van der Waals surface area contributed by atoms with Crippen molar-refractivity contribution in [2.24, 2.45) is 0 Å². The van der Waals surface area contributed by atoms with E-state index in [4.69, 9.17) is 9.47 Å². The normalized spacial score (nSPS) is 11.7. The van der Waals surface area contributed by atoms with Crippen molar-refractivity contribution in [2.45, 2.75) is 25.6 Å². The van der Waals surface area contributed by atoms with Crippen molar-refractivity contribution in [2.75, 3.05) is 0 Å². The number of nitrogens with zero attached hydrogens (tertiary/aromatic N) is 1. The number of hydrogen-bond donors (Lipinski definition) is 0. The predicted molar refractivity (Wildman–Crippen MR) is 119 cm³/mol. The first-order valence-corrected chi connectivity index (χ1v) is 10.8. The molecule has 4 rings (SSSR count). The quantitative estimate of drug-likeness (QED) is 0.356. The van der Waals surface area contributed by atoms with E-state index in [-0.39, 0.29) is 19.6 Å². The number of ether oxygens (including phenoxy) is 2. The summed E-state index contributed by atoms with van der Waals surface area (Å²) in [6.07, 6.45) is -0.125. The number of para-hydroxylation sites is 1. The highest BCUT2D eigenvalue weighted by Crippen LogP contribution is 2.31. The molecule has 0 saturated heterocycles. The van der Waals surface area contributed by atoms with E-state index in [2.05, 4.69) is 4.98 Å². The second kappa shape index (κ2) is 10.00. The average Bonchev–Trinajstić information content (AvgIpc) is 3.25. The van der Waals surface area contributed by atoms with Gasteiger partial charge in [0, 0.05) is 0 Å². The highest BCUT2D eigenvalue weighted by atomic mass is 32.1. The largest absolute Gasteiger partial charge is 0.461 e. The molecule has 0 bridgehead atoms. The van der Waals surface area contributed by atoms with Crippen molar-refractivity contribution in [3.63, 3.8) is 0 Å². The van der Waals surface area contributed by atoms with Crippen LogP contribution in [0.2, 0.25) is 0 Å². The first-order chi connectivity index (χ1) is 15.2. The molecular formula is C25H21NO4S. The number of fused-ring (bicyclic) bond motifs is 1. The molecule has 3 aromatic carbocycles. The van der Waals surface area contributed by atoms with Crippen LogP contribution in [-0.2, 0) is 32.3 Å². The minimum Gasteiger partial charge on any atom is -0.461 e. The van der Waals surface area contributed by atoms with Gasteiger partial charge < -0.3 is 9.47 Å². The van der Waals surface area contributed by atoms with Crippen molar-refractivity contribution < 1.29 is 19.1 Å². The van der Waals surface area contributed by atoms with Crippen LogP contribution in [0.1, 0.15) is 28.5 Å². The van der Waals surface area contributed by atoms with Crippen molar-refractivity contribution in [3.05, 3.63) is 101 Å². The van der Waals surface area contributed by atoms with Gasteiger partial charge in [0.1, 0.15) is 24.1 Å². The summed E-state index contributed by atoms with van der Waals surface area (Å²) >= 11 is 1.39. The molecule has 6 heteroatoms. The number of benzene rings is 3. The van der Waals surface area contributed by atoms with Crippen LogP contribution in [-0.4, -0.2) is 16.9 Å². The van der Waals surface area contributed by atoms with Gasteiger partial charge in [-0.15, -0.1) is 11.3 Å². The van der Waals surface area contributed by atoms with E-state index in [1.165, 1.54) is 11.3 Å². The lowest BCUT2D eigenvalue weighted by Gasteiger charge is -2.14. The van der Waals surface area contributed by atoms with Gasteiger partial charge in [-0.05, 0) is 23.3 Å². The maximum absolute atomic E-state index is 12.9. The van der Waals surface area contributed by atoms with Gasteiger partial charge >= 0.3 is 11.9 Å². The van der Waals surface area contributed by atoms with Crippen molar-refractivity contribution in [1.29, 1.82) is 0 Å². The van der Waals surface area contributed by atoms with Gasteiger partial charge in [0.25, 0.3) is 0 Å². The fourth-order valence-electron chi connectivity index (χ4n) is 3.10. The number of esters is 2. The van der Waals surface area contributed by atoms with E-state index in [1.807, 2.05) is 84.9 Å². The second-order valence-electron chi connectivity index (χ2n) is 7.02. The highest BCUT2D eigenvalue weighted by molar-refractivity contribution is 7.18. The number of carbonyl (C=O) groups is 2. The Labute approximate surface area is 184 Å². The molecular weight excluding hydrogens is 410 g/mol. The number of hydrogen-bond acceptors (Lipinski definition) is 6. The van der Waals surface area contributed by atoms with Crippen LogP contribution in [0, 0.1) is 0 Å². The van der Waals surface area contributed by atoms with Crippen LogP contribution in [0.4, 0.5) is 0 Å². The third-order valence-electron chi connectivity index (χ3n) is 4.73. The molecule has 0 N–H and O–H groups in total. The lowest BCUT2D eigenvalue weighted by Crippen LogP contribution is -2.20. The molecule has 1 heterocycles. The summed E-state index contributed by atoms with van der Waals surface area (Å²) in [5.74, 6) is -1.77. The summed E-state index contributed by atoms with van der Waals surface area (Å²) in [7, 11) is 0. The van der Waals surface area contributed by atoms with Gasteiger partial charge in [0.05, 0.1) is 16.6 Å². The summed E-state index contributed by atoms with van der Waals surface area (Å²) < 4.78 is 11.9. The lowest BCUT2D eigenvalue weighted by atomic mass is 10.1. The van der Waals surface area contributed by atoms with E-state index in [1.54, 1.807) is 0 Å². The topological polar surface area (TPSA) is 65.5 Å². The minimum absolute atomic E-state index is 0.125. The zero-order valence-corrected chi connectivity index (χ0v) is 17.6. The zero-order valence-electron chi connectivity index (χ0n) is 16.8. The van der Waals surface area contributed by atoms with Crippen LogP contribution in [0.25, 0.3) is 10.2 Å². The third-order valence-corrected chi connectivity index (χ3v) is 5.88. The Kier molecular flexibility index (Phi) is 6.69. The molecule has 0 aliphatic carbocycles. The molecule has 1 atom stereocenters. The summed E-state index contributed by atoms with van der Waals surface area (Å²) in [6.45, 7) is 0.297. The molecule has 156 valence electrons. The van der Waals surface area contributed by atoms with Gasteiger partial charge in [-0.3, -0.25) is 9.59 Å². The van der Waals surface area contributed by atoms with Crippen molar-refractivity contribution in [3.8, 4) is 0 Å². The Morgan fingerprint density at radius 2 is 1.35 bits per heavy atom. The average molecular weight is 432 g/mol. The van der Waals surface area contributed by atoms with Crippen molar-refractivity contribution >= 4 is 33.5 Å². The van der Waals surface area contributed by atoms with Crippen LogP contribution >= 0.6 is 11.3 Å². The van der Waals surface area contributed by atoms with Crippen molar-refractivity contribution in [1.82, 2.24) is 4.98 Å². The second-order valence-corrected chi connectivity index (χ2v) is 8.08. The first kappa shape index (κ1) is 20.8. The molecule has 5 nitrogen and oxygen atoms in total. The van der Waals surface area contributed by atoms with E-state index >= 15 is 0 Å². The number of aromatic nitrogens is 1. The standard InChI is InChI=1S/C25H21NO4S/c27-23(29-16-18-9-3-1-4-10-18)15-20(24-26-21-13-7-8-14-22(21)31-24)25(28)30-17-19-11-5-2-6-12-19/h1-14,20H,15-17H2. The summed E-state index contributed by atoms with van der Waals surface area (Å²) in [4.78, 5) is 30.1. The van der Waals surface area contributed by atoms with Crippen LogP contribution in [0.15, 0.2) is 84.9 Å². The molecule has 0 amide bonds. The van der Waals surface area contributed by atoms with E-state index < -0.39 is 17.9 Å². The van der Waals surface area contributed by atoms with Gasteiger partial charge in [-0.25, -0.2) is 4.98 Å². The Hall–Kier alpha value is -3.51. The molecule has 4 aromatic rings. The molecule has 1 unspecified atom stereocenters. The molecule has 0 spiro atoms. The number of rotatable bonds is 8. The molecule has 0 fully saturated rings. The molecule has 0 radical (unpaired) electrons. The maximum Gasteiger partial charge on any atom is 0.316 e. The first-order valence-electron chi connectivity index (χ1n) is 9.94. The zero-order chi connectivity index (χ0) is 21.5. The van der Waals surface area contributed by atoms with E-state index in [0.717, 1.165) is 21.3 Å². The Morgan fingerprint density at radius 1 is 0.774 bits per heavy atom. The molecule has 0 aliphatic heterocycles. The number of thiazole rings is 1. The fraction of sp³-hybridized carbons (Fsp3) is 0.160. The summed E-state index contributed by atoms with van der Waals surface area (Å²) in [6, 6.07) is 26.5. The lowest BCUT2D eigenvalue weighted by molar-refractivity contribution is -0.153. The highest BCUT2D eigenvalue weighted by Gasteiger charge is 2.29. The van der Waals surface area contributed by atoms with Crippen LogP contribution in [0.5, 0.6) is 0 Å². The van der Waals surface area contributed by atoms with Gasteiger partial charge in [0.15, 0.2) is 0 Å². The SMILES string of the molecule is O=C(CC(C(=O)OCc1ccccc1)c1nc2ccccc2s1)OCc1ccccc1. The Morgan fingerprint density at radius 3 is 2.00 bits per heavy atom. The molecule has 0 aliphatic rings. The molecule has 31 heavy (non-hydrogen) atoms. The Bertz CT molecular complexity index is 1120. The van der Waals surface area contributed by atoms with E-state index in [9.17, 15) is 9.59 Å². The summed E-state index contributed by atoms with van der Waals surface area (Å²) in [5, 5.41) is 0.552.